The topological polar surface area (TPSA) is 114 Å². The first kappa shape index (κ1) is 19.1. The van der Waals surface area contributed by atoms with E-state index >= 15 is 0 Å². The first-order chi connectivity index (χ1) is 13.8. The number of nitrogens with zero attached hydrogens (tertiary/aromatic N) is 3. The van der Waals surface area contributed by atoms with Gasteiger partial charge in [0.05, 0.1) is 29.0 Å². The van der Waals surface area contributed by atoms with Crippen molar-refractivity contribution in [1.82, 2.24) is 19.7 Å². The molecule has 0 fully saturated rings. The molecule has 4 aromatic rings. The molecule has 1 amide bonds. The minimum atomic E-state index is -3.23. The van der Waals surface area contributed by atoms with Crippen LogP contribution in [0.2, 0.25) is 0 Å². The highest BCUT2D eigenvalue weighted by Gasteiger charge is 2.12. The van der Waals surface area contributed by atoms with E-state index in [1.165, 1.54) is 17.6 Å². The van der Waals surface area contributed by atoms with Crippen molar-refractivity contribution in [3.05, 3.63) is 59.2 Å². The van der Waals surface area contributed by atoms with Gasteiger partial charge in [0.2, 0.25) is 0 Å². The Kier molecular flexibility index (Phi) is 4.81. The highest BCUT2D eigenvalue weighted by molar-refractivity contribution is 7.90. The average Bonchev–Trinajstić information content (AvgIpc) is 3.32. The summed E-state index contributed by atoms with van der Waals surface area (Å²) >= 11 is 1.37. The highest BCUT2D eigenvalue weighted by Crippen LogP contribution is 2.27. The number of hydrogen-bond acceptors (Lipinski definition) is 6. The van der Waals surface area contributed by atoms with Gasteiger partial charge in [-0.3, -0.25) is 4.40 Å². The number of hydrogen-bond donors (Lipinski definition) is 2. The average molecular weight is 428 g/mol. The molecule has 0 saturated carbocycles. The number of nitrogens with one attached hydrogen (secondary N) is 1. The first-order valence-corrected chi connectivity index (χ1v) is 11.3. The predicted octanol–water partition coefficient (Wildman–Crippen LogP) is 3.30. The number of thiazole rings is 1. The van der Waals surface area contributed by atoms with Gasteiger partial charge >= 0.3 is 6.09 Å². The van der Waals surface area contributed by atoms with E-state index in [4.69, 9.17) is 5.11 Å². The number of carboxylic acid groups (broad SMARTS) is 1. The van der Waals surface area contributed by atoms with E-state index < -0.39 is 15.9 Å². The number of sulfone groups is 1. The Hall–Kier alpha value is -3.24. The lowest BCUT2D eigenvalue weighted by Crippen LogP contribution is -2.19. The Balaban J connectivity index is 1.63. The third-order valence-corrected chi connectivity index (χ3v) is 6.31. The highest BCUT2D eigenvalue weighted by atomic mass is 32.2. The van der Waals surface area contributed by atoms with Crippen LogP contribution < -0.4 is 5.32 Å². The van der Waals surface area contributed by atoms with Gasteiger partial charge < -0.3 is 10.4 Å². The smallest absolute Gasteiger partial charge is 0.405 e. The van der Waals surface area contributed by atoms with Crippen molar-refractivity contribution in [2.24, 2.45) is 0 Å². The number of imidazole rings is 1. The normalized spacial score (nSPS) is 11.6. The molecule has 3 aromatic heterocycles. The molecule has 148 valence electrons. The van der Waals surface area contributed by atoms with E-state index in [0.717, 1.165) is 28.2 Å². The Morgan fingerprint density at radius 3 is 2.66 bits per heavy atom. The van der Waals surface area contributed by atoms with Gasteiger partial charge in [0, 0.05) is 17.8 Å². The minimum absolute atomic E-state index is 0.157. The third-order valence-electron chi connectivity index (χ3n) is 4.33. The largest absolute Gasteiger partial charge is 0.465 e. The molecule has 4 rings (SSSR count). The van der Waals surface area contributed by atoms with Crippen molar-refractivity contribution in [2.75, 3.05) is 6.26 Å². The van der Waals surface area contributed by atoms with Gasteiger partial charge in [-0.2, -0.15) is 0 Å². The molecule has 0 unspecified atom stereocenters. The van der Waals surface area contributed by atoms with Crippen LogP contribution in [-0.2, 0) is 16.4 Å². The van der Waals surface area contributed by atoms with Gasteiger partial charge in [-0.1, -0.05) is 12.1 Å². The van der Waals surface area contributed by atoms with Gasteiger partial charge in [0.15, 0.2) is 9.84 Å². The summed E-state index contributed by atoms with van der Waals surface area (Å²) < 4.78 is 25.1. The summed E-state index contributed by atoms with van der Waals surface area (Å²) in [6, 6.07) is 10.6. The van der Waals surface area contributed by atoms with Crippen LogP contribution in [0.4, 0.5) is 4.79 Å². The maximum absolute atomic E-state index is 11.6. The predicted molar refractivity (Wildman–Crippen MR) is 110 cm³/mol. The van der Waals surface area contributed by atoms with E-state index in [0.29, 0.717) is 5.01 Å². The van der Waals surface area contributed by atoms with Gasteiger partial charge in [0.25, 0.3) is 0 Å². The number of benzene rings is 1. The molecule has 1 aromatic carbocycles. The molecule has 0 aliphatic carbocycles. The molecule has 3 heterocycles. The quantitative estimate of drug-likeness (QED) is 0.504. The maximum atomic E-state index is 11.6. The summed E-state index contributed by atoms with van der Waals surface area (Å²) in [6.07, 6.45) is 3.69. The zero-order valence-corrected chi connectivity index (χ0v) is 16.9. The summed E-state index contributed by atoms with van der Waals surface area (Å²) in [7, 11) is -3.23. The summed E-state index contributed by atoms with van der Waals surface area (Å²) in [5.74, 6) is 0. The van der Waals surface area contributed by atoms with Crippen molar-refractivity contribution >= 4 is 32.9 Å². The van der Waals surface area contributed by atoms with Crippen LogP contribution >= 0.6 is 11.3 Å². The molecule has 0 aliphatic heterocycles. The lowest BCUT2D eigenvalue weighted by molar-refractivity contribution is 0.194. The number of pyridine rings is 1. The van der Waals surface area contributed by atoms with Crippen molar-refractivity contribution < 1.29 is 18.3 Å². The summed E-state index contributed by atoms with van der Waals surface area (Å²) in [5, 5.41) is 13.5. The number of amides is 1. The van der Waals surface area contributed by atoms with Gasteiger partial charge in [-0.25, -0.2) is 23.2 Å². The van der Waals surface area contributed by atoms with Gasteiger partial charge in [-0.05, 0) is 35.4 Å². The van der Waals surface area contributed by atoms with Crippen molar-refractivity contribution in [3.8, 4) is 22.5 Å². The standard InChI is InChI=1S/C19H16N4O4S2/c1-29(26,27)14-4-2-12(3-5-14)13-6-7-23-16(9-20-17(23)8-13)15-11-28-18(22-15)10-21-19(24)25/h2-9,11,21H,10H2,1H3,(H,24,25). The van der Waals surface area contributed by atoms with Crippen LogP contribution in [0.15, 0.2) is 59.1 Å². The molecular formula is C19H16N4O4S2. The Morgan fingerprint density at radius 2 is 1.97 bits per heavy atom. The molecular weight excluding hydrogens is 412 g/mol. The first-order valence-electron chi connectivity index (χ1n) is 8.50. The van der Waals surface area contributed by atoms with Crippen molar-refractivity contribution in [1.29, 1.82) is 0 Å². The fraction of sp³-hybridized carbons (Fsp3) is 0.105. The van der Waals surface area contributed by atoms with Crippen molar-refractivity contribution in [3.63, 3.8) is 0 Å². The van der Waals surface area contributed by atoms with E-state index in [-0.39, 0.29) is 11.4 Å². The van der Waals surface area contributed by atoms with Gasteiger partial charge in [0.1, 0.15) is 10.7 Å². The fourth-order valence-electron chi connectivity index (χ4n) is 2.91. The summed E-state index contributed by atoms with van der Waals surface area (Å²) in [6.45, 7) is 0.157. The lowest BCUT2D eigenvalue weighted by atomic mass is 10.1. The Morgan fingerprint density at radius 1 is 1.21 bits per heavy atom. The van der Waals surface area contributed by atoms with Gasteiger partial charge in [-0.15, -0.1) is 11.3 Å². The number of carbonyl (C=O) groups is 1. The molecule has 0 aliphatic rings. The van der Waals surface area contributed by atoms with E-state index in [9.17, 15) is 13.2 Å². The molecule has 0 spiro atoms. The van der Waals surface area contributed by atoms with Crippen LogP contribution in [-0.4, -0.2) is 40.2 Å². The fourth-order valence-corrected chi connectivity index (χ4v) is 4.26. The van der Waals surface area contributed by atoms with Crippen LogP contribution in [0.25, 0.3) is 28.2 Å². The molecule has 29 heavy (non-hydrogen) atoms. The minimum Gasteiger partial charge on any atom is -0.465 e. The van der Waals surface area contributed by atoms with Crippen LogP contribution in [0.3, 0.4) is 0 Å². The number of aromatic nitrogens is 3. The van der Waals surface area contributed by atoms with Crippen LogP contribution in [0, 0.1) is 0 Å². The molecule has 0 radical (unpaired) electrons. The van der Waals surface area contributed by atoms with Crippen LogP contribution in [0.5, 0.6) is 0 Å². The number of fused-ring (bicyclic) bond motifs is 1. The molecule has 0 bridgehead atoms. The third kappa shape index (κ3) is 3.98. The number of rotatable bonds is 5. The SMILES string of the molecule is CS(=O)(=O)c1ccc(-c2ccn3c(-c4csc(CNC(=O)O)n4)cnc3c2)cc1. The second-order valence-electron chi connectivity index (χ2n) is 6.37. The second kappa shape index (κ2) is 7.30. The lowest BCUT2D eigenvalue weighted by Gasteiger charge is -2.05. The summed E-state index contributed by atoms with van der Waals surface area (Å²) in [4.78, 5) is 19.8. The molecule has 0 atom stereocenters. The summed E-state index contributed by atoms with van der Waals surface area (Å²) in [5.41, 5.74) is 4.05. The monoisotopic (exact) mass is 428 g/mol. The van der Waals surface area contributed by atoms with E-state index in [1.54, 1.807) is 30.5 Å². The molecule has 2 N–H and O–H groups in total. The van der Waals surface area contributed by atoms with Crippen molar-refractivity contribution in [2.45, 2.75) is 11.4 Å². The Labute approximate surface area is 170 Å². The zero-order valence-electron chi connectivity index (χ0n) is 15.2. The van der Waals surface area contributed by atoms with Crippen LogP contribution in [0.1, 0.15) is 5.01 Å². The maximum Gasteiger partial charge on any atom is 0.405 e. The van der Waals surface area contributed by atoms with E-state index in [1.807, 2.05) is 28.1 Å². The zero-order chi connectivity index (χ0) is 20.6. The second-order valence-corrected chi connectivity index (χ2v) is 9.33. The molecule has 10 heteroatoms. The Bertz CT molecular complexity index is 1310. The molecule has 0 saturated heterocycles. The molecule has 8 nitrogen and oxygen atoms in total. The van der Waals surface area contributed by atoms with E-state index in [2.05, 4.69) is 15.3 Å².